The summed E-state index contributed by atoms with van der Waals surface area (Å²) in [6, 6.07) is 0. The van der Waals surface area contributed by atoms with Gasteiger partial charge in [0.15, 0.2) is 6.79 Å². The van der Waals surface area contributed by atoms with Crippen LogP contribution in [0.2, 0.25) is 0 Å². The second-order valence-electron chi connectivity index (χ2n) is 3.34. The molecule has 4 nitrogen and oxygen atoms in total. The van der Waals surface area contributed by atoms with E-state index in [0.29, 0.717) is 12.2 Å². The van der Waals surface area contributed by atoms with E-state index in [-0.39, 0.29) is 12.9 Å². The number of carbonyl (C=O) groups is 1. The van der Waals surface area contributed by atoms with Gasteiger partial charge in [-0.15, -0.1) is 0 Å². The molecule has 0 aromatic rings. The Kier molecular flexibility index (Phi) is 4.62. The first-order valence-electron chi connectivity index (χ1n) is 4.72. The van der Waals surface area contributed by atoms with Crippen molar-refractivity contribution in [1.29, 1.82) is 0 Å². The summed E-state index contributed by atoms with van der Waals surface area (Å²) < 4.78 is 15.2. The molecule has 0 bridgehead atoms. The van der Waals surface area contributed by atoms with E-state index in [2.05, 4.69) is 6.58 Å². The first-order chi connectivity index (χ1) is 6.70. The number of ether oxygens (including phenoxy) is 3. The molecule has 0 aromatic carbocycles. The van der Waals surface area contributed by atoms with Gasteiger partial charge in [-0.3, -0.25) is 0 Å². The van der Waals surface area contributed by atoms with Crippen molar-refractivity contribution in [2.75, 3.05) is 20.0 Å². The molecule has 0 N–H and O–H groups in total. The van der Waals surface area contributed by atoms with E-state index >= 15 is 0 Å². The normalized spacial score (nSPS) is 20.8. The maximum atomic E-state index is 10.9. The minimum atomic E-state index is -0.419. The van der Waals surface area contributed by atoms with Gasteiger partial charge in [0.05, 0.1) is 12.7 Å². The van der Waals surface area contributed by atoms with Gasteiger partial charge < -0.3 is 14.2 Å². The van der Waals surface area contributed by atoms with Crippen LogP contribution in [0.1, 0.15) is 19.8 Å². The molecule has 0 radical (unpaired) electrons. The maximum absolute atomic E-state index is 10.9. The van der Waals surface area contributed by atoms with Gasteiger partial charge in [-0.2, -0.15) is 0 Å². The lowest BCUT2D eigenvalue weighted by Crippen LogP contribution is -2.17. The highest BCUT2D eigenvalue weighted by Gasteiger charge is 2.15. The first kappa shape index (κ1) is 11.2. The van der Waals surface area contributed by atoms with Crippen molar-refractivity contribution in [2.24, 2.45) is 0 Å². The third-order valence-electron chi connectivity index (χ3n) is 1.95. The zero-order chi connectivity index (χ0) is 10.4. The van der Waals surface area contributed by atoms with Gasteiger partial charge in [-0.25, -0.2) is 4.79 Å². The maximum Gasteiger partial charge on any atom is 0.335 e. The number of rotatable bonds is 5. The van der Waals surface area contributed by atoms with Gasteiger partial charge in [0, 0.05) is 12.2 Å². The molecule has 1 fully saturated rings. The van der Waals surface area contributed by atoms with E-state index in [1.807, 2.05) is 0 Å². The fraction of sp³-hybridized carbons (Fsp3) is 0.700. The molecule has 0 spiro atoms. The molecule has 0 aliphatic carbocycles. The van der Waals surface area contributed by atoms with Crippen molar-refractivity contribution in [2.45, 2.75) is 25.9 Å². The topological polar surface area (TPSA) is 44.8 Å². The summed E-state index contributed by atoms with van der Waals surface area (Å²) in [5.41, 5.74) is 0.380. The predicted molar refractivity (Wildman–Crippen MR) is 50.7 cm³/mol. The van der Waals surface area contributed by atoms with Crippen LogP contribution in [0.3, 0.4) is 0 Å². The van der Waals surface area contributed by atoms with E-state index in [0.717, 1.165) is 19.4 Å². The number of carbonyl (C=O) groups excluding carboxylic acids is 1. The second kappa shape index (κ2) is 5.78. The van der Waals surface area contributed by atoms with Crippen molar-refractivity contribution >= 4 is 5.97 Å². The van der Waals surface area contributed by atoms with Crippen LogP contribution in [-0.4, -0.2) is 32.1 Å². The summed E-state index contributed by atoms with van der Waals surface area (Å²) in [5, 5.41) is 0. The predicted octanol–water partition coefficient (Wildman–Crippen LogP) is 1.26. The van der Waals surface area contributed by atoms with Gasteiger partial charge in [0.2, 0.25) is 0 Å². The van der Waals surface area contributed by atoms with Gasteiger partial charge in [0.1, 0.15) is 0 Å². The molecule has 1 atom stereocenters. The van der Waals surface area contributed by atoms with Crippen LogP contribution in [0.5, 0.6) is 0 Å². The van der Waals surface area contributed by atoms with Crippen LogP contribution >= 0.6 is 0 Å². The molecular weight excluding hydrogens is 184 g/mol. The summed E-state index contributed by atoms with van der Waals surface area (Å²) in [7, 11) is 0. The largest absolute Gasteiger partial charge is 0.435 e. The van der Waals surface area contributed by atoms with E-state index in [1.165, 1.54) is 0 Å². The molecule has 1 unspecified atom stereocenters. The SMILES string of the molecule is C=C(C)C(=O)OCOCC1CCCO1. The highest BCUT2D eigenvalue weighted by atomic mass is 16.7. The Morgan fingerprint density at radius 2 is 2.43 bits per heavy atom. The Hall–Kier alpha value is -0.870. The van der Waals surface area contributed by atoms with Crippen LogP contribution in [0.4, 0.5) is 0 Å². The highest BCUT2D eigenvalue weighted by Crippen LogP contribution is 2.11. The lowest BCUT2D eigenvalue weighted by Gasteiger charge is -2.10. The van der Waals surface area contributed by atoms with Crippen molar-refractivity contribution < 1.29 is 19.0 Å². The molecule has 0 amide bonds. The molecule has 0 aromatic heterocycles. The van der Waals surface area contributed by atoms with Crippen LogP contribution in [-0.2, 0) is 19.0 Å². The Morgan fingerprint density at radius 1 is 1.64 bits per heavy atom. The van der Waals surface area contributed by atoms with Crippen LogP contribution in [0, 0.1) is 0 Å². The standard InChI is InChI=1S/C10H16O4/c1-8(2)10(11)14-7-12-6-9-4-3-5-13-9/h9H,1,3-7H2,2H3. The Labute approximate surface area is 83.8 Å². The Morgan fingerprint density at radius 3 is 3.00 bits per heavy atom. The van der Waals surface area contributed by atoms with Crippen LogP contribution < -0.4 is 0 Å². The smallest absolute Gasteiger partial charge is 0.335 e. The van der Waals surface area contributed by atoms with Gasteiger partial charge >= 0.3 is 5.97 Å². The van der Waals surface area contributed by atoms with Crippen molar-refractivity contribution in [3.05, 3.63) is 12.2 Å². The van der Waals surface area contributed by atoms with Crippen molar-refractivity contribution in [3.8, 4) is 0 Å². The van der Waals surface area contributed by atoms with Crippen molar-refractivity contribution in [1.82, 2.24) is 0 Å². The Balaban J connectivity index is 1.98. The molecule has 14 heavy (non-hydrogen) atoms. The van der Waals surface area contributed by atoms with Crippen molar-refractivity contribution in [3.63, 3.8) is 0 Å². The molecule has 1 saturated heterocycles. The van der Waals surface area contributed by atoms with Gasteiger partial charge in [0.25, 0.3) is 0 Å². The number of esters is 1. The molecular formula is C10H16O4. The minimum absolute atomic E-state index is 0.0223. The zero-order valence-electron chi connectivity index (χ0n) is 8.45. The number of hydrogen-bond acceptors (Lipinski definition) is 4. The molecule has 1 heterocycles. The average molecular weight is 200 g/mol. The molecule has 1 aliphatic rings. The second-order valence-corrected chi connectivity index (χ2v) is 3.34. The molecule has 0 saturated carbocycles. The third kappa shape index (κ3) is 3.89. The fourth-order valence-corrected chi connectivity index (χ4v) is 1.17. The first-order valence-corrected chi connectivity index (χ1v) is 4.72. The summed E-state index contributed by atoms with van der Waals surface area (Å²) in [5.74, 6) is -0.419. The monoisotopic (exact) mass is 200 g/mol. The van der Waals surface area contributed by atoms with Gasteiger partial charge in [-0.05, 0) is 19.8 Å². The summed E-state index contributed by atoms with van der Waals surface area (Å²) in [6.45, 7) is 6.33. The van der Waals surface area contributed by atoms with E-state index in [1.54, 1.807) is 6.92 Å². The summed E-state index contributed by atoms with van der Waals surface area (Å²) in [6.07, 6.45) is 2.27. The van der Waals surface area contributed by atoms with Crippen LogP contribution in [0.25, 0.3) is 0 Å². The minimum Gasteiger partial charge on any atom is -0.435 e. The highest BCUT2D eigenvalue weighted by molar-refractivity contribution is 5.86. The summed E-state index contributed by atoms with van der Waals surface area (Å²) in [4.78, 5) is 10.9. The van der Waals surface area contributed by atoms with E-state index in [9.17, 15) is 4.79 Å². The Bertz CT molecular complexity index is 206. The molecule has 1 aliphatic heterocycles. The summed E-state index contributed by atoms with van der Waals surface area (Å²) >= 11 is 0. The lowest BCUT2D eigenvalue weighted by molar-refractivity contribution is -0.153. The third-order valence-corrected chi connectivity index (χ3v) is 1.95. The van der Waals surface area contributed by atoms with E-state index in [4.69, 9.17) is 14.2 Å². The molecule has 1 rings (SSSR count). The molecule has 80 valence electrons. The fourth-order valence-electron chi connectivity index (χ4n) is 1.17. The average Bonchev–Trinajstić information content (AvgIpc) is 2.64. The number of hydrogen-bond donors (Lipinski definition) is 0. The van der Waals surface area contributed by atoms with Crippen LogP contribution in [0.15, 0.2) is 12.2 Å². The van der Waals surface area contributed by atoms with Gasteiger partial charge in [-0.1, -0.05) is 6.58 Å². The zero-order valence-corrected chi connectivity index (χ0v) is 8.45. The van der Waals surface area contributed by atoms with E-state index < -0.39 is 5.97 Å². The lowest BCUT2D eigenvalue weighted by atomic mass is 10.2. The quantitative estimate of drug-likeness (QED) is 0.290. The molecule has 4 heteroatoms.